The Morgan fingerprint density at radius 1 is 1.43 bits per heavy atom. The molecule has 0 fully saturated rings. The Bertz CT molecular complexity index is 422. The van der Waals surface area contributed by atoms with E-state index in [2.05, 4.69) is 9.97 Å². The van der Waals surface area contributed by atoms with Crippen molar-refractivity contribution in [1.29, 1.82) is 0 Å². The highest BCUT2D eigenvalue weighted by Crippen LogP contribution is 2.18. The summed E-state index contributed by atoms with van der Waals surface area (Å²) in [5.41, 5.74) is 0.936. The number of hydrogen-bond donors (Lipinski definition) is 0. The molecule has 14 heavy (non-hydrogen) atoms. The van der Waals surface area contributed by atoms with Gasteiger partial charge in [0, 0.05) is 19.4 Å². The van der Waals surface area contributed by atoms with Gasteiger partial charge >= 0.3 is 6.01 Å². The zero-order valence-electron chi connectivity index (χ0n) is 8.14. The van der Waals surface area contributed by atoms with E-state index in [-0.39, 0.29) is 0 Å². The predicted molar refractivity (Wildman–Crippen MR) is 52.3 cm³/mol. The van der Waals surface area contributed by atoms with Gasteiger partial charge in [0.15, 0.2) is 0 Å². The number of imidazole rings is 1. The van der Waals surface area contributed by atoms with Crippen LogP contribution in [-0.4, -0.2) is 14.5 Å². The molecule has 0 amide bonds. The summed E-state index contributed by atoms with van der Waals surface area (Å²) in [5, 5.41) is 0. The van der Waals surface area contributed by atoms with E-state index < -0.39 is 0 Å². The van der Waals surface area contributed by atoms with Crippen LogP contribution in [-0.2, 0) is 7.05 Å². The molecule has 0 unspecified atom stereocenters. The lowest BCUT2D eigenvalue weighted by Crippen LogP contribution is -1.93. The van der Waals surface area contributed by atoms with E-state index in [1.54, 1.807) is 12.4 Å². The minimum atomic E-state index is 0.579. The van der Waals surface area contributed by atoms with Crippen molar-refractivity contribution in [2.45, 2.75) is 6.92 Å². The van der Waals surface area contributed by atoms with Gasteiger partial charge in [0.25, 0.3) is 0 Å². The zero-order valence-corrected chi connectivity index (χ0v) is 8.14. The Balaban J connectivity index is 2.23. The van der Waals surface area contributed by atoms with Crippen LogP contribution in [0.1, 0.15) is 5.69 Å². The third-order valence-corrected chi connectivity index (χ3v) is 1.80. The molecule has 0 aliphatic heterocycles. The Morgan fingerprint density at radius 3 is 2.86 bits per heavy atom. The first kappa shape index (κ1) is 8.74. The Morgan fingerprint density at radius 2 is 2.29 bits per heavy atom. The maximum atomic E-state index is 5.52. The first-order valence-electron chi connectivity index (χ1n) is 4.33. The lowest BCUT2D eigenvalue weighted by atomic mass is 10.5. The fourth-order valence-corrected chi connectivity index (χ4v) is 1.20. The number of aryl methyl sites for hydroxylation is 2. The lowest BCUT2D eigenvalue weighted by molar-refractivity contribution is 0.423. The first-order chi connectivity index (χ1) is 6.75. The van der Waals surface area contributed by atoms with E-state index in [0.29, 0.717) is 11.8 Å². The van der Waals surface area contributed by atoms with Gasteiger partial charge in [-0.1, -0.05) is 0 Å². The second kappa shape index (κ2) is 3.49. The second-order valence-corrected chi connectivity index (χ2v) is 3.07. The molecule has 0 N–H and O–H groups in total. The lowest BCUT2D eigenvalue weighted by Gasteiger charge is -2.02. The fraction of sp³-hybridized carbons (Fsp3) is 0.200. The average Bonchev–Trinajstić information content (AvgIpc) is 2.47. The van der Waals surface area contributed by atoms with Gasteiger partial charge < -0.3 is 9.30 Å². The number of nitrogens with zero attached hydrogens (tertiary/aromatic N) is 3. The van der Waals surface area contributed by atoms with Gasteiger partial charge in [-0.2, -0.15) is 0 Å². The van der Waals surface area contributed by atoms with Gasteiger partial charge in [0.1, 0.15) is 5.75 Å². The summed E-state index contributed by atoms with van der Waals surface area (Å²) < 4.78 is 7.35. The molecule has 0 saturated carbocycles. The largest absolute Gasteiger partial charge is 0.424 e. The van der Waals surface area contributed by atoms with E-state index in [1.807, 2.05) is 36.9 Å². The van der Waals surface area contributed by atoms with Crippen molar-refractivity contribution in [3.05, 3.63) is 36.4 Å². The maximum Gasteiger partial charge on any atom is 0.301 e. The molecule has 0 atom stereocenters. The number of rotatable bonds is 2. The highest BCUT2D eigenvalue weighted by atomic mass is 16.5. The van der Waals surface area contributed by atoms with Gasteiger partial charge in [-0.05, 0) is 19.1 Å². The van der Waals surface area contributed by atoms with Crippen LogP contribution in [0, 0.1) is 6.92 Å². The third kappa shape index (κ3) is 1.74. The molecule has 4 nitrogen and oxygen atoms in total. The minimum Gasteiger partial charge on any atom is -0.424 e. The Labute approximate surface area is 82.2 Å². The van der Waals surface area contributed by atoms with Crippen LogP contribution in [0.3, 0.4) is 0 Å². The molecular weight excluding hydrogens is 178 g/mol. The minimum absolute atomic E-state index is 0.579. The zero-order chi connectivity index (χ0) is 9.97. The molecule has 0 spiro atoms. The summed E-state index contributed by atoms with van der Waals surface area (Å²) in [4.78, 5) is 8.17. The fourth-order valence-electron chi connectivity index (χ4n) is 1.20. The molecular formula is C10H11N3O. The highest BCUT2D eigenvalue weighted by Gasteiger charge is 2.03. The van der Waals surface area contributed by atoms with E-state index >= 15 is 0 Å². The van der Waals surface area contributed by atoms with Crippen molar-refractivity contribution in [3.8, 4) is 11.8 Å². The van der Waals surface area contributed by atoms with Crippen LogP contribution in [0.4, 0.5) is 0 Å². The van der Waals surface area contributed by atoms with Crippen molar-refractivity contribution >= 4 is 0 Å². The topological polar surface area (TPSA) is 39.9 Å². The summed E-state index contributed by atoms with van der Waals surface area (Å²) in [6.07, 6.45) is 5.27. The number of pyridine rings is 1. The van der Waals surface area contributed by atoms with Crippen LogP contribution >= 0.6 is 0 Å². The molecule has 2 heterocycles. The molecule has 0 aliphatic carbocycles. The van der Waals surface area contributed by atoms with Crippen molar-refractivity contribution in [3.63, 3.8) is 0 Å². The van der Waals surface area contributed by atoms with Gasteiger partial charge in [-0.3, -0.25) is 4.98 Å². The molecule has 0 aromatic carbocycles. The smallest absolute Gasteiger partial charge is 0.301 e. The monoisotopic (exact) mass is 189 g/mol. The van der Waals surface area contributed by atoms with Crippen LogP contribution in [0.15, 0.2) is 30.7 Å². The van der Waals surface area contributed by atoms with Gasteiger partial charge in [-0.25, -0.2) is 4.98 Å². The summed E-state index contributed by atoms with van der Waals surface area (Å²) in [6.45, 7) is 1.93. The Kier molecular flexibility index (Phi) is 2.18. The van der Waals surface area contributed by atoms with Crippen LogP contribution < -0.4 is 4.74 Å². The number of hydrogen-bond acceptors (Lipinski definition) is 3. The van der Waals surface area contributed by atoms with Crippen LogP contribution in [0.25, 0.3) is 0 Å². The number of ether oxygens (including phenoxy) is 1. The summed E-state index contributed by atoms with van der Waals surface area (Å²) >= 11 is 0. The normalized spacial score (nSPS) is 10.1. The molecule has 72 valence electrons. The van der Waals surface area contributed by atoms with Gasteiger partial charge in [0.2, 0.25) is 0 Å². The van der Waals surface area contributed by atoms with E-state index in [4.69, 9.17) is 4.74 Å². The van der Waals surface area contributed by atoms with Gasteiger partial charge in [0.05, 0.1) is 11.9 Å². The predicted octanol–water partition coefficient (Wildman–Crippen LogP) is 1.92. The second-order valence-electron chi connectivity index (χ2n) is 3.07. The van der Waals surface area contributed by atoms with E-state index in [1.165, 1.54) is 0 Å². The molecule has 0 aliphatic rings. The average molecular weight is 189 g/mol. The van der Waals surface area contributed by atoms with Crippen molar-refractivity contribution in [2.75, 3.05) is 0 Å². The maximum absolute atomic E-state index is 5.52. The highest BCUT2D eigenvalue weighted by molar-refractivity contribution is 5.21. The SMILES string of the molecule is Cc1cn(C)c(Oc2cccnc2)n1. The quantitative estimate of drug-likeness (QED) is 0.724. The van der Waals surface area contributed by atoms with Crippen LogP contribution in [0.2, 0.25) is 0 Å². The Hall–Kier alpha value is -1.84. The third-order valence-electron chi connectivity index (χ3n) is 1.80. The molecule has 0 bridgehead atoms. The van der Waals surface area contributed by atoms with Crippen molar-refractivity contribution < 1.29 is 4.74 Å². The molecule has 2 rings (SSSR count). The van der Waals surface area contributed by atoms with Gasteiger partial charge in [-0.15, -0.1) is 0 Å². The summed E-state index contributed by atoms with van der Waals surface area (Å²) in [6, 6.07) is 4.25. The molecule has 2 aromatic heterocycles. The molecule has 2 aromatic rings. The standard InChI is InChI=1S/C10H11N3O/c1-8-7-13(2)10(12-8)14-9-4-3-5-11-6-9/h3-7H,1-2H3. The van der Waals surface area contributed by atoms with E-state index in [0.717, 1.165) is 5.69 Å². The molecule has 0 radical (unpaired) electrons. The van der Waals surface area contributed by atoms with Crippen molar-refractivity contribution in [1.82, 2.24) is 14.5 Å². The molecule has 4 heteroatoms. The number of aromatic nitrogens is 3. The van der Waals surface area contributed by atoms with Crippen LogP contribution in [0.5, 0.6) is 11.8 Å². The summed E-state index contributed by atoms with van der Waals surface area (Å²) in [5.74, 6) is 0.696. The first-order valence-corrected chi connectivity index (χ1v) is 4.33. The summed E-state index contributed by atoms with van der Waals surface area (Å²) in [7, 11) is 1.89. The van der Waals surface area contributed by atoms with E-state index in [9.17, 15) is 0 Å². The molecule has 0 saturated heterocycles. The van der Waals surface area contributed by atoms with Crippen molar-refractivity contribution in [2.24, 2.45) is 7.05 Å².